The van der Waals surface area contributed by atoms with E-state index in [1.165, 1.54) is 0 Å². The van der Waals surface area contributed by atoms with Gasteiger partial charge in [-0.3, -0.25) is 0 Å². The first kappa shape index (κ1) is 12.5. The van der Waals surface area contributed by atoms with E-state index in [1.54, 1.807) is 12.3 Å². The molecule has 0 saturated heterocycles. The van der Waals surface area contributed by atoms with Crippen molar-refractivity contribution in [3.8, 4) is 6.07 Å². The van der Waals surface area contributed by atoms with Crippen molar-refractivity contribution < 1.29 is 4.74 Å². The Morgan fingerprint density at radius 1 is 1.50 bits per heavy atom. The summed E-state index contributed by atoms with van der Waals surface area (Å²) in [7, 11) is 0. The zero-order valence-corrected chi connectivity index (χ0v) is 9.73. The van der Waals surface area contributed by atoms with Crippen molar-refractivity contribution >= 4 is 5.69 Å². The number of nitrogens with zero attached hydrogens (tertiary/aromatic N) is 2. The highest BCUT2D eigenvalue weighted by Gasteiger charge is 1.95. The Kier molecular flexibility index (Phi) is 5.30. The predicted molar refractivity (Wildman–Crippen MR) is 63.1 cm³/mol. The number of anilines is 1. The van der Waals surface area contributed by atoms with Crippen molar-refractivity contribution in [2.45, 2.75) is 13.8 Å². The molecule has 0 atom stereocenters. The van der Waals surface area contributed by atoms with E-state index in [0.29, 0.717) is 18.2 Å². The predicted octanol–water partition coefficient (Wildman–Crippen LogP) is 2.04. The van der Waals surface area contributed by atoms with E-state index < -0.39 is 0 Å². The first-order chi connectivity index (χ1) is 7.72. The average Bonchev–Trinajstić information content (AvgIpc) is 2.29. The maximum absolute atomic E-state index is 8.57. The Labute approximate surface area is 96.3 Å². The van der Waals surface area contributed by atoms with Crippen molar-refractivity contribution in [1.82, 2.24) is 4.98 Å². The fraction of sp³-hybridized carbons (Fsp3) is 0.500. The van der Waals surface area contributed by atoms with Gasteiger partial charge in [0.1, 0.15) is 11.8 Å². The van der Waals surface area contributed by atoms with Crippen LogP contribution in [0.2, 0.25) is 0 Å². The topological polar surface area (TPSA) is 57.9 Å². The second-order valence-corrected chi connectivity index (χ2v) is 3.94. The fourth-order valence-electron chi connectivity index (χ4n) is 1.15. The number of ether oxygens (including phenoxy) is 1. The van der Waals surface area contributed by atoms with Gasteiger partial charge < -0.3 is 10.1 Å². The molecule has 1 heterocycles. The van der Waals surface area contributed by atoms with E-state index in [4.69, 9.17) is 10.00 Å². The summed E-state index contributed by atoms with van der Waals surface area (Å²) in [5.41, 5.74) is 1.34. The van der Waals surface area contributed by atoms with E-state index in [0.717, 1.165) is 18.8 Å². The summed E-state index contributed by atoms with van der Waals surface area (Å²) in [6.45, 7) is 6.46. The van der Waals surface area contributed by atoms with E-state index in [9.17, 15) is 0 Å². The lowest BCUT2D eigenvalue weighted by molar-refractivity contribution is 0.118. The Morgan fingerprint density at radius 3 is 2.88 bits per heavy atom. The van der Waals surface area contributed by atoms with Crippen LogP contribution in [0.5, 0.6) is 0 Å². The van der Waals surface area contributed by atoms with Crippen molar-refractivity contribution in [1.29, 1.82) is 5.26 Å². The van der Waals surface area contributed by atoms with Crippen LogP contribution in [-0.2, 0) is 4.74 Å². The monoisotopic (exact) mass is 219 g/mol. The summed E-state index contributed by atoms with van der Waals surface area (Å²) in [4.78, 5) is 3.96. The average molecular weight is 219 g/mol. The molecule has 86 valence electrons. The van der Waals surface area contributed by atoms with Gasteiger partial charge in [-0.15, -0.1) is 0 Å². The lowest BCUT2D eigenvalue weighted by Crippen LogP contribution is -2.12. The first-order valence-electron chi connectivity index (χ1n) is 5.40. The smallest absolute Gasteiger partial charge is 0.140 e. The molecule has 4 nitrogen and oxygen atoms in total. The molecule has 1 rings (SSSR count). The van der Waals surface area contributed by atoms with Crippen LogP contribution in [0.15, 0.2) is 18.3 Å². The molecule has 4 heteroatoms. The normalized spacial score (nSPS) is 10.1. The Morgan fingerprint density at radius 2 is 2.31 bits per heavy atom. The summed E-state index contributed by atoms with van der Waals surface area (Å²) in [5.74, 6) is 0.566. The second-order valence-electron chi connectivity index (χ2n) is 3.94. The van der Waals surface area contributed by atoms with E-state index in [2.05, 4.69) is 24.1 Å². The maximum Gasteiger partial charge on any atom is 0.140 e. The highest BCUT2D eigenvalue weighted by molar-refractivity contribution is 5.42. The van der Waals surface area contributed by atoms with Crippen LogP contribution >= 0.6 is 0 Å². The van der Waals surface area contributed by atoms with E-state index in [-0.39, 0.29) is 0 Å². The molecule has 0 saturated carbocycles. The summed E-state index contributed by atoms with van der Waals surface area (Å²) >= 11 is 0. The van der Waals surface area contributed by atoms with Crippen LogP contribution in [0.4, 0.5) is 5.69 Å². The number of nitriles is 1. The minimum atomic E-state index is 0.432. The molecule has 1 aromatic rings. The number of pyridine rings is 1. The SMILES string of the molecule is CC(C)COCCNc1ccc(C#N)nc1. The highest BCUT2D eigenvalue weighted by Crippen LogP contribution is 2.04. The van der Waals surface area contributed by atoms with Crippen LogP contribution in [0, 0.1) is 17.2 Å². The molecule has 0 radical (unpaired) electrons. The van der Waals surface area contributed by atoms with Crippen LogP contribution in [0.3, 0.4) is 0 Å². The lowest BCUT2D eigenvalue weighted by atomic mass is 10.2. The van der Waals surface area contributed by atoms with Gasteiger partial charge in [0.25, 0.3) is 0 Å². The molecule has 0 aliphatic carbocycles. The first-order valence-corrected chi connectivity index (χ1v) is 5.40. The molecule has 0 aliphatic heterocycles. The number of hydrogen-bond acceptors (Lipinski definition) is 4. The van der Waals surface area contributed by atoms with Crippen molar-refractivity contribution in [3.05, 3.63) is 24.0 Å². The fourth-order valence-corrected chi connectivity index (χ4v) is 1.15. The third-order valence-electron chi connectivity index (χ3n) is 1.90. The van der Waals surface area contributed by atoms with Crippen molar-refractivity contribution in [3.63, 3.8) is 0 Å². The Bertz CT molecular complexity index is 340. The summed E-state index contributed by atoms with van der Waals surface area (Å²) in [6.07, 6.45) is 1.65. The molecule has 0 spiro atoms. The molecule has 0 unspecified atom stereocenters. The van der Waals surface area contributed by atoms with Crippen molar-refractivity contribution in [2.75, 3.05) is 25.1 Å². The molecule has 1 N–H and O–H groups in total. The molecule has 0 fully saturated rings. The minimum absolute atomic E-state index is 0.432. The van der Waals surface area contributed by atoms with E-state index in [1.807, 2.05) is 12.1 Å². The largest absolute Gasteiger partial charge is 0.381 e. The van der Waals surface area contributed by atoms with Crippen LogP contribution in [-0.4, -0.2) is 24.7 Å². The van der Waals surface area contributed by atoms with Crippen molar-refractivity contribution in [2.24, 2.45) is 5.92 Å². The highest BCUT2D eigenvalue weighted by atomic mass is 16.5. The molecule has 0 aliphatic rings. The number of rotatable bonds is 6. The number of nitrogens with one attached hydrogen (secondary N) is 1. The zero-order valence-electron chi connectivity index (χ0n) is 9.73. The third kappa shape index (κ3) is 4.76. The van der Waals surface area contributed by atoms with Crippen LogP contribution in [0.1, 0.15) is 19.5 Å². The molecule has 0 aromatic carbocycles. The number of hydrogen-bond donors (Lipinski definition) is 1. The van der Waals surface area contributed by atoms with Gasteiger partial charge in [-0.1, -0.05) is 13.8 Å². The summed E-state index contributed by atoms with van der Waals surface area (Å²) in [6, 6.07) is 5.51. The van der Waals surface area contributed by atoms with Gasteiger partial charge >= 0.3 is 0 Å². The van der Waals surface area contributed by atoms with Gasteiger partial charge in [-0.05, 0) is 18.1 Å². The molecule has 1 aromatic heterocycles. The molecule has 0 amide bonds. The molecule has 16 heavy (non-hydrogen) atoms. The molecule has 0 bridgehead atoms. The van der Waals surface area contributed by atoms with E-state index >= 15 is 0 Å². The van der Waals surface area contributed by atoms with Gasteiger partial charge in [0.05, 0.1) is 18.5 Å². The lowest BCUT2D eigenvalue weighted by Gasteiger charge is -2.08. The minimum Gasteiger partial charge on any atom is -0.381 e. The van der Waals surface area contributed by atoms with Gasteiger partial charge in [-0.25, -0.2) is 4.98 Å². The van der Waals surface area contributed by atoms with Gasteiger partial charge in [-0.2, -0.15) is 5.26 Å². The van der Waals surface area contributed by atoms with Gasteiger partial charge in [0.2, 0.25) is 0 Å². The Hall–Kier alpha value is -1.60. The van der Waals surface area contributed by atoms with Crippen LogP contribution < -0.4 is 5.32 Å². The Balaban J connectivity index is 2.20. The molecular weight excluding hydrogens is 202 g/mol. The van der Waals surface area contributed by atoms with Gasteiger partial charge in [0, 0.05) is 13.2 Å². The number of aromatic nitrogens is 1. The van der Waals surface area contributed by atoms with Crippen LogP contribution in [0.25, 0.3) is 0 Å². The second kappa shape index (κ2) is 6.81. The third-order valence-corrected chi connectivity index (χ3v) is 1.90. The summed E-state index contributed by atoms with van der Waals surface area (Å²) < 4.78 is 5.43. The van der Waals surface area contributed by atoms with Gasteiger partial charge in [0.15, 0.2) is 0 Å². The quantitative estimate of drug-likeness (QED) is 0.744. The summed E-state index contributed by atoms with van der Waals surface area (Å²) in [5, 5.41) is 11.7. The maximum atomic E-state index is 8.57. The molecular formula is C12H17N3O. The standard InChI is InChI=1S/C12H17N3O/c1-10(2)9-16-6-5-14-12-4-3-11(7-13)15-8-12/h3-4,8,10,14H,5-6,9H2,1-2H3. The zero-order chi connectivity index (χ0) is 11.8.